The molecule has 27 heavy (non-hydrogen) atoms. The van der Waals surface area contributed by atoms with E-state index in [0.717, 1.165) is 43.9 Å². The summed E-state index contributed by atoms with van der Waals surface area (Å²) in [5.41, 5.74) is 1.22. The van der Waals surface area contributed by atoms with Gasteiger partial charge in [0, 0.05) is 6.42 Å². The van der Waals surface area contributed by atoms with Gasteiger partial charge in [0.05, 0.1) is 17.8 Å². The van der Waals surface area contributed by atoms with Crippen LogP contribution < -0.4 is 0 Å². The fourth-order valence-electron chi connectivity index (χ4n) is 7.97. The Balaban J connectivity index is 1.57. The van der Waals surface area contributed by atoms with E-state index in [4.69, 9.17) is 0 Å². The van der Waals surface area contributed by atoms with Gasteiger partial charge >= 0.3 is 0 Å². The van der Waals surface area contributed by atoms with Crippen LogP contribution in [-0.4, -0.2) is 33.1 Å². The molecule has 0 spiro atoms. The van der Waals surface area contributed by atoms with Crippen LogP contribution in [0.5, 0.6) is 0 Å². The van der Waals surface area contributed by atoms with Crippen molar-refractivity contribution in [2.75, 3.05) is 0 Å². The Bertz CT molecular complexity index is 605. The van der Waals surface area contributed by atoms with E-state index < -0.39 is 11.7 Å². The first-order valence-corrected chi connectivity index (χ1v) is 11.3. The normalized spacial score (nSPS) is 48.3. The Morgan fingerprint density at radius 2 is 1.85 bits per heavy atom. The Morgan fingerprint density at radius 1 is 1.11 bits per heavy atom. The van der Waals surface area contributed by atoms with Crippen LogP contribution in [0.3, 0.4) is 0 Å². The lowest BCUT2D eigenvalue weighted by molar-refractivity contribution is -0.0834. The van der Waals surface area contributed by atoms with Gasteiger partial charge < -0.3 is 15.3 Å². The van der Waals surface area contributed by atoms with Crippen LogP contribution in [0, 0.1) is 34.5 Å². The van der Waals surface area contributed by atoms with Gasteiger partial charge in [0.25, 0.3) is 0 Å². The molecule has 0 heterocycles. The van der Waals surface area contributed by atoms with Crippen molar-refractivity contribution < 1.29 is 15.3 Å². The monoisotopic (exact) mass is 376 g/mol. The van der Waals surface area contributed by atoms with Gasteiger partial charge in [-0.05, 0) is 99.7 Å². The molecule has 3 nitrogen and oxygen atoms in total. The van der Waals surface area contributed by atoms with Crippen molar-refractivity contribution in [3.63, 3.8) is 0 Å². The summed E-state index contributed by atoms with van der Waals surface area (Å²) in [6.07, 6.45) is 11.4. The SMILES string of the molecule is CC(C)(O)C[C@H](O)[C@H]1CC[C@H]2[C@@H]3CC=C4C[C@@H](O)CC[C@]4(C)[C@H]3CC[C@]12C. The summed E-state index contributed by atoms with van der Waals surface area (Å²) < 4.78 is 0. The van der Waals surface area contributed by atoms with Crippen molar-refractivity contribution >= 4 is 0 Å². The highest BCUT2D eigenvalue weighted by Crippen LogP contribution is 2.66. The first-order chi connectivity index (χ1) is 12.5. The highest BCUT2D eigenvalue weighted by Gasteiger charge is 2.59. The molecule has 3 N–H and O–H groups in total. The van der Waals surface area contributed by atoms with Gasteiger partial charge in [-0.25, -0.2) is 0 Å². The predicted molar refractivity (Wildman–Crippen MR) is 108 cm³/mol. The van der Waals surface area contributed by atoms with Crippen molar-refractivity contribution in [2.45, 2.75) is 103 Å². The number of rotatable bonds is 3. The number of allylic oxidation sites excluding steroid dienone is 1. The maximum absolute atomic E-state index is 11.0. The molecule has 0 amide bonds. The van der Waals surface area contributed by atoms with Crippen LogP contribution >= 0.6 is 0 Å². The lowest BCUT2D eigenvalue weighted by Crippen LogP contribution is -2.51. The summed E-state index contributed by atoms with van der Waals surface area (Å²) in [7, 11) is 0. The van der Waals surface area contributed by atoms with Crippen LogP contribution in [-0.2, 0) is 0 Å². The summed E-state index contributed by atoms with van der Waals surface area (Å²) in [4.78, 5) is 0. The third-order valence-electron chi connectivity index (χ3n) is 9.32. The Hall–Kier alpha value is -0.380. The van der Waals surface area contributed by atoms with Crippen LogP contribution in [0.25, 0.3) is 0 Å². The van der Waals surface area contributed by atoms with Crippen LogP contribution in [0.15, 0.2) is 11.6 Å². The van der Waals surface area contributed by atoms with E-state index in [-0.39, 0.29) is 16.9 Å². The Kier molecular flexibility index (Phi) is 4.85. The van der Waals surface area contributed by atoms with Gasteiger partial charge in [-0.1, -0.05) is 25.5 Å². The molecule has 4 aliphatic carbocycles. The van der Waals surface area contributed by atoms with E-state index in [2.05, 4.69) is 19.9 Å². The molecule has 0 aromatic carbocycles. The summed E-state index contributed by atoms with van der Waals surface area (Å²) in [5.74, 6) is 2.49. The molecule has 0 bridgehead atoms. The van der Waals surface area contributed by atoms with Crippen molar-refractivity contribution in [3.05, 3.63) is 11.6 Å². The molecule has 3 saturated carbocycles. The van der Waals surface area contributed by atoms with Gasteiger partial charge in [0.15, 0.2) is 0 Å². The minimum absolute atomic E-state index is 0.137. The second-order valence-electron chi connectivity index (χ2n) is 11.5. The molecular weight excluding hydrogens is 336 g/mol. The second-order valence-corrected chi connectivity index (χ2v) is 11.5. The third kappa shape index (κ3) is 3.22. The molecule has 4 rings (SSSR count). The second kappa shape index (κ2) is 6.57. The fourth-order valence-corrected chi connectivity index (χ4v) is 7.97. The molecule has 154 valence electrons. The molecule has 0 saturated heterocycles. The van der Waals surface area contributed by atoms with E-state index in [1.807, 2.05) is 13.8 Å². The lowest BCUT2D eigenvalue weighted by Gasteiger charge is -2.58. The molecule has 0 unspecified atom stereocenters. The highest BCUT2D eigenvalue weighted by atomic mass is 16.3. The average Bonchev–Trinajstić information content (AvgIpc) is 2.91. The van der Waals surface area contributed by atoms with E-state index >= 15 is 0 Å². The van der Waals surface area contributed by atoms with Crippen molar-refractivity contribution in [1.29, 1.82) is 0 Å². The van der Waals surface area contributed by atoms with Crippen LogP contribution in [0.1, 0.15) is 85.5 Å². The van der Waals surface area contributed by atoms with Crippen molar-refractivity contribution in [1.82, 2.24) is 0 Å². The third-order valence-corrected chi connectivity index (χ3v) is 9.32. The topological polar surface area (TPSA) is 60.7 Å². The summed E-state index contributed by atoms with van der Waals surface area (Å²) in [5, 5.41) is 31.3. The largest absolute Gasteiger partial charge is 0.393 e. The van der Waals surface area contributed by atoms with E-state index in [1.54, 1.807) is 0 Å². The number of hydrogen-bond acceptors (Lipinski definition) is 3. The first kappa shape index (κ1) is 19.9. The van der Waals surface area contributed by atoms with Gasteiger partial charge in [0.2, 0.25) is 0 Å². The molecule has 8 atom stereocenters. The quantitative estimate of drug-likeness (QED) is 0.638. The highest BCUT2D eigenvalue weighted by molar-refractivity contribution is 5.25. The van der Waals surface area contributed by atoms with Gasteiger partial charge in [-0.15, -0.1) is 0 Å². The maximum atomic E-state index is 11.0. The molecule has 0 radical (unpaired) electrons. The van der Waals surface area contributed by atoms with Crippen molar-refractivity contribution in [2.24, 2.45) is 34.5 Å². The molecule has 0 aliphatic heterocycles. The zero-order valence-corrected chi connectivity index (χ0v) is 17.7. The van der Waals surface area contributed by atoms with E-state index in [1.165, 1.54) is 24.8 Å². The molecule has 3 fully saturated rings. The Morgan fingerprint density at radius 3 is 2.56 bits per heavy atom. The zero-order valence-electron chi connectivity index (χ0n) is 17.7. The maximum Gasteiger partial charge on any atom is 0.0616 e. The van der Waals surface area contributed by atoms with Crippen LogP contribution in [0.2, 0.25) is 0 Å². The van der Waals surface area contributed by atoms with Gasteiger partial charge in [-0.3, -0.25) is 0 Å². The van der Waals surface area contributed by atoms with E-state index in [0.29, 0.717) is 18.3 Å². The molecule has 0 aromatic heterocycles. The standard InChI is InChI=1S/C24H40O3/c1-22(2,27)14-21(26)20-8-7-18-17-6-5-15-13-16(25)9-11-23(15,3)19(17)10-12-24(18,20)4/h5,16-21,25-27H,6-14H2,1-4H3/t16-,17-,18-,19-,20+,21-,23-,24-/m0/s1. The van der Waals surface area contributed by atoms with Gasteiger partial charge in [-0.2, -0.15) is 0 Å². The number of aliphatic hydroxyl groups excluding tert-OH is 2. The minimum Gasteiger partial charge on any atom is -0.393 e. The Labute approximate surface area is 165 Å². The minimum atomic E-state index is -0.802. The smallest absolute Gasteiger partial charge is 0.0616 e. The van der Waals surface area contributed by atoms with Crippen molar-refractivity contribution in [3.8, 4) is 0 Å². The molecule has 4 aliphatic rings. The number of aliphatic hydroxyl groups is 3. The number of hydrogen-bond donors (Lipinski definition) is 3. The molecule has 0 aromatic rings. The van der Waals surface area contributed by atoms with Gasteiger partial charge in [0.1, 0.15) is 0 Å². The van der Waals surface area contributed by atoms with Crippen LogP contribution in [0.4, 0.5) is 0 Å². The zero-order chi connectivity index (χ0) is 19.6. The molecule has 3 heteroatoms. The fraction of sp³-hybridized carbons (Fsp3) is 0.917. The summed E-state index contributed by atoms with van der Waals surface area (Å²) >= 11 is 0. The molecular formula is C24H40O3. The number of fused-ring (bicyclic) bond motifs is 5. The lowest BCUT2D eigenvalue weighted by atomic mass is 9.47. The first-order valence-electron chi connectivity index (χ1n) is 11.3. The summed E-state index contributed by atoms with van der Waals surface area (Å²) in [6.45, 7) is 8.53. The summed E-state index contributed by atoms with van der Waals surface area (Å²) in [6, 6.07) is 0. The van der Waals surface area contributed by atoms with E-state index in [9.17, 15) is 15.3 Å². The average molecular weight is 377 g/mol. The predicted octanol–water partition coefficient (Wildman–Crippen LogP) is 4.45.